The third-order valence-corrected chi connectivity index (χ3v) is 3.63. The molecule has 0 spiro atoms. The normalized spacial score (nSPS) is 11.5. The molecule has 0 fully saturated rings. The van der Waals surface area contributed by atoms with E-state index in [-0.39, 0.29) is 0 Å². The molecule has 0 amide bonds. The Morgan fingerprint density at radius 1 is 0.947 bits per heavy atom. The topological polar surface area (TPSA) is 14.2 Å². The van der Waals surface area contributed by atoms with Gasteiger partial charge in [-0.1, -0.05) is 24.3 Å². The maximum Gasteiger partial charge on any atom is 0.0716 e. The number of para-hydroxylation sites is 1. The third kappa shape index (κ3) is 2.02. The SMILES string of the molecule is CCOCc1ccc2c(c1)c1ccccc1n2CC. The monoisotopic (exact) mass is 253 g/mol. The van der Waals surface area contributed by atoms with Crippen LogP contribution in [0.2, 0.25) is 0 Å². The standard InChI is InChI=1S/C17H19NO/c1-3-18-16-8-6-5-7-14(16)15-11-13(12-19-4-2)9-10-17(15)18/h5-11H,3-4,12H2,1-2H3. The van der Waals surface area contributed by atoms with Gasteiger partial charge in [0.15, 0.2) is 0 Å². The molecule has 0 atom stereocenters. The van der Waals surface area contributed by atoms with Crippen molar-refractivity contribution in [3.63, 3.8) is 0 Å². The fourth-order valence-electron chi connectivity index (χ4n) is 2.75. The van der Waals surface area contributed by atoms with E-state index in [2.05, 4.69) is 54.0 Å². The van der Waals surface area contributed by atoms with E-state index in [1.807, 2.05) is 6.92 Å². The second-order valence-electron chi connectivity index (χ2n) is 4.75. The first-order chi connectivity index (χ1) is 9.35. The van der Waals surface area contributed by atoms with E-state index in [9.17, 15) is 0 Å². The first-order valence-electron chi connectivity index (χ1n) is 6.92. The summed E-state index contributed by atoms with van der Waals surface area (Å²) in [5.41, 5.74) is 3.87. The van der Waals surface area contributed by atoms with Crippen LogP contribution in [0.25, 0.3) is 21.8 Å². The number of hydrogen-bond donors (Lipinski definition) is 0. The minimum absolute atomic E-state index is 0.693. The lowest BCUT2D eigenvalue weighted by molar-refractivity contribution is 0.134. The number of ether oxygens (including phenoxy) is 1. The van der Waals surface area contributed by atoms with Crippen molar-refractivity contribution < 1.29 is 4.74 Å². The highest BCUT2D eigenvalue weighted by molar-refractivity contribution is 6.08. The molecule has 0 radical (unpaired) electrons. The van der Waals surface area contributed by atoms with Gasteiger partial charge in [0.25, 0.3) is 0 Å². The van der Waals surface area contributed by atoms with Gasteiger partial charge in [0.1, 0.15) is 0 Å². The maximum atomic E-state index is 5.51. The molecule has 19 heavy (non-hydrogen) atoms. The molecule has 0 unspecified atom stereocenters. The average Bonchev–Trinajstić information content (AvgIpc) is 2.78. The highest BCUT2D eigenvalue weighted by atomic mass is 16.5. The highest BCUT2D eigenvalue weighted by Gasteiger charge is 2.09. The van der Waals surface area contributed by atoms with Crippen LogP contribution in [0.1, 0.15) is 19.4 Å². The van der Waals surface area contributed by atoms with Gasteiger partial charge in [-0.3, -0.25) is 0 Å². The first-order valence-corrected chi connectivity index (χ1v) is 6.92. The first kappa shape index (κ1) is 12.2. The number of rotatable bonds is 4. The molecule has 2 heteroatoms. The van der Waals surface area contributed by atoms with Crippen LogP contribution in [0, 0.1) is 0 Å². The van der Waals surface area contributed by atoms with Crippen molar-refractivity contribution >= 4 is 21.8 Å². The van der Waals surface area contributed by atoms with Crippen LogP contribution in [-0.4, -0.2) is 11.2 Å². The lowest BCUT2D eigenvalue weighted by Gasteiger charge is -2.04. The Morgan fingerprint density at radius 2 is 1.74 bits per heavy atom. The van der Waals surface area contributed by atoms with E-state index in [4.69, 9.17) is 4.74 Å². The Hall–Kier alpha value is -1.80. The van der Waals surface area contributed by atoms with Crippen molar-refractivity contribution in [3.8, 4) is 0 Å². The summed E-state index contributed by atoms with van der Waals surface area (Å²) in [6.07, 6.45) is 0. The molecule has 2 aromatic carbocycles. The third-order valence-electron chi connectivity index (χ3n) is 3.63. The van der Waals surface area contributed by atoms with Crippen LogP contribution in [0.15, 0.2) is 42.5 Å². The Balaban J connectivity index is 2.24. The van der Waals surface area contributed by atoms with Crippen molar-refractivity contribution in [3.05, 3.63) is 48.0 Å². The number of aryl methyl sites for hydroxylation is 1. The summed E-state index contributed by atoms with van der Waals surface area (Å²) in [7, 11) is 0. The summed E-state index contributed by atoms with van der Waals surface area (Å²) >= 11 is 0. The quantitative estimate of drug-likeness (QED) is 0.674. The summed E-state index contributed by atoms with van der Waals surface area (Å²) in [5.74, 6) is 0. The van der Waals surface area contributed by atoms with Gasteiger partial charge < -0.3 is 9.30 Å². The van der Waals surface area contributed by atoms with Crippen LogP contribution >= 0.6 is 0 Å². The van der Waals surface area contributed by atoms with Gasteiger partial charge in [0, 0.05) is 35.0 Å². The van der Waals surface area contributed by atoms with Gasteiger partial charge in [-0.05, 0) is 37.6 Å². The molecule has 0 aliphatic carbocycles. The molecule has 1 aromatic heterocycles. The zero-order valence-corrected chi connectivity index (χ0v) is 11.5. The van der Waals surface area contributed by atoms with E-state index in [0.717, 1.165) is 13.2 Å². The zero-order chi connectivity index (χ0) is 13.2. The highest BCUT2D eigenvalue weighted by Crippen LogP contribution is 2.29. The van der Waals surface area contributed by atoms with Crippen molar-refractivity contribution in [2.24, 2.45) is 0 Å². The van der Waals surface area contributed by atoms with Gasteiger partial charge in [0.05, 0.1) is 6.61 Å². The fourth-order valence-corrected chi connectivity index (χ4v) is 2.75. The number of benzene rings is 2. The van der Waals surface area contributed by atoms with Crippen LogP contribution in [0.3, 0.4) is 0 Å². The minimum atomic E-state index is 0.693. The molecule has 0 N–H and O–H groups in total. The molecule has 3 aromatic rings. The molecular formula is C17H19NO. The number of nitrogens with zero attached hydrogens (tertiary/aromatic N) is 1. The smallest absolute Gasteiger partial charge is 0.0716 e. The molecule has 0 bridgehead atoms. The van der Waals surface area contributed by atoms with Gasteiger partial charge in [-0.2, -0.15) is 0 Å². The van der Waals surface area contributed by atoms with Crippen LogP contribution in [0.4, 0.5) is 0 Å². The fraction of sp³-hybridized carbons (Fsp3) is 0.294. The van der Waals surface area contributed by atoms with E-state index in [1.165, 1.54) is 27.4 Å². The molecule has 98 valence electrons. The molecule has 0 aliphatic heterocycles. The lowest BCUT2D eigenvalue weighted by Crippen LogP contribution is -1.94. The van der Waals surface area contributed by atoms with E-state index in [1.54, 1.807) is 0 Å². The van der Waals surface area contributed by atoms with Crippen molar-refractivity contribution in [2.45, 2.75) is 27.0 Å². The van der Waals surface area contributed by atoms with Crippen molar-refractivity contribution in [1.29, 1.82) is 0 Å². The summed E-state index contributed by atoms with van der Waals surface area (Å²) in [6.45, 7) is 6.67. The Kier molecular flexibility index (Phi) is 3.26. The summed E-state index contributed by atoms with van der Waals surface area (Å²) < 4.78 is 7.88. The molecule has 3 rings (SSSR count). The van der Waals surface area contributed by atoms with E-state index < -0.39 is 0 Å². The predicted octanol–water partition coefficient (Wildman–Crippen LogP) is 4.35. The Bertz CT molecular complexity index is 712. The number of hydrogen-bond acceptors (Lipinski definition) is 1. The molecule has 0 saturated heterocycles. The Morgan fingerprint density at radius 3 is 2.53 bits per heavy atom. The molecule has 0 aliphatic rings. The second-order valence-corrected chi connectivity index (χ2v) is 4.75. The summed E-state index contributed by atoms with van der Waals surface area (Å²) in [5, 5.41) is 2.66. The molecule has 2 nitrogen and oxygen atoms in total. The zero-order valence-electron chi connectivity index (χ0n) is 11.5. The molecular weight excluding hydrogens is 234 g/mol. The molecule has 1 heterocycles. The van der Waals surface area contributed by atoms with Gasteiger partial charge in [-0.15, -0.1) is 0 Å². The maximum absolute atomic E-state index is 5.51. The van der Waals surface area contributed by atoms with E-state index >= 15 is 0 Å². The number of aromatic nitrogens is 1. The summed E-state index contributed by atoms with van der Waals surface area (Å²) in [6, 6.07) is 15.3. The van der Waals surface area contributed by atoms with Crippen molar-refractivity contribution in [1.82, 2.24) is 4.57 Å². The molecule has 0 saturated carbocycles. The second kappa shape index (κ2) is 5.06. The van der Waals surface area contributed by atoms with Gasteiger partial charge >= 0.3 is 0 Å². The Labute approximate surface area is 113 Å². The van der Waals surface area contributed by atoms with E-state index in [0.29, 0.717) is 6.61 Å². The van der Waals surface area contributed by atoms with Gasteiger partial charge in [-0.25, -0.2) is 0 Å². The largest absolute Gasteiger partial charge is 0.377 e. The summed E-state index contributed by atoms with van der Waals surface area (Å²) in [4.78, 5) is 0. The average molecular weight is 253 g/mol. The van der Waals surface area contributed by atoms with Crippen LogP contribution < -0.4 is 0 Å². The predicted molar refractivity (Wildman–Crippen MR) is 80.4 cm³/mol. The van der Waals surface area contributed by atoms with Gasteiger partial charge in [0.2, 0.25) is 0 Å². The number of fused-ring (bicyclic) bond motifs is 3. The lowest BCUT2D eigenvalue weighted by atomic mass is 10.1. The van der Waals surface area contributed by atoms with Crippen molar-refractivity contribution in [2.75, 3.05) is 6.61 Å². The minimum Gasteiger partial charge on any atom is -0.377 e. The van der Waals surface area contributed by atoms with Crippen LogP contribution in [-0.2, 0) is 17.9 Å². The van der Waals surface area contributed by atoms with Crippen LogP contribution in [0.5, 0.6) is 0 Å².